The van der Waals surface area contributed by atoms with Crippen molar-refractivity contribution in [1.29, 1.82) is 0 Å². The zero-order valence-corrected chi connectivity index (χ0v) is 18.1. The molecule has 0 N–H and O–H groups in total. The molecule has 0 bridgehead atoms. The number of thiophene rings is 1. The van der Waals surface area contributed by atoms with Crippen LogP contribution in [0.1, 0.15) is 40.9 Å². The van der Waals surface area contributed by atoms with Gasteiger partial charge in [-0.1, -0.05) is 25.6 Å². The smallest absolute Gasteiger partial charge is 0.263 e. The highest BCUT2D eigenvalue weighted by atomic mass is 32.2. The zero-order chi connectivity index (χ0) is 18.8. The fourth-order valence-corrected chi connectivity index (χ4v) is 5.52. The third-order valence-corrected chi connectivity index (χ3v) is 7.49. The molecule has 0 radical (unpaired) electrons. The van der Waals surface area contributed by atoms with Gasteiger partial charge >= 0.3 is 0 Å². The summed E-state index contributed by atoms with van der Waals surface area (Å²) in [5.41, 5.74) is 2.10. The van der Waals surface area contributed by atoms with Crippen molar-refractivity contribution in [1.82, 2.24) is 14.5 Å². The first-order valence-electron chi connectivity index (χ1n) is 8.49. The molecule has 0 spiro atoms. The average molecular weight is 410 g/mol. The minimum atomic E-state index is 0.0255. The Morgan fingerprint density at radius 1 is 1.31 bits per heavy atom. The van der Waals surface area contributed by atoms with E-state index in [4.69, 9.17) is 9.72 Å². The van der Waals surface area contributed by atoms with E-state index in [1.807, 2.05) is 13.8 Å². The van der Waals surface area contributed by atoms with Crippen LogP contribution < -0.4 is 5.56 Å². The Morgan fingerprint density at radius 2 is 2.08 bits per heavy atom. The van der Waals surface area contributed by atoms with Gasteiger partial charge in [-0.05, 0) is 19.4 Å². The van der Waals surface area contributed by atoms with Crippen LogP contribution >= 0.6 is 34.4 Å². The van der Waals surface area contributed by atoms with E-state index in [2.05, 4.69) is 24.2 Å². The fraction of sp³-hybridized carbons (Fsp3) is 0.500. The van der Waals surface area contributed by atoms with Crippen LogP contribution in [0.25, 0.3) is 10.2 Å². The lowest BCUT2D eigenvalue weighted by atomic mass is 10.2. The Hall–Kier alpha value is -1.22. The van der Waals surface area contributed by atoms with Gasteiger partial charge in [0.15, 0.2) is 5.16 Å². The highest BCUT2D eigenvalue weighted by molar-refractivity contribution is 7.98. The first kappa shape index (κ1) is 19.5. The van der Waals surface area contributed by atoms with Gasteiger partial charge in [-0.15, -0.1) is 22.7 Å². The fourth-order valence-electron chi connectivity index (χ4n) is 2.59. The van der Waals surface area contributed by atoms with Crippen molar-refractivity contribution in [2.45, 2.75) is 51.1 Å². The maximum Gasteiger partial charge on any atom is 0.263 e. The molecule has 0 aliphatic heterocycles. The number of hydrogen-bond donors (Lipinski definition) is 0. The molecule has 0 saturated carbocycles. The summed E-state index contributed by atoms with van der Waals surface area (Å²) in [5, 5.41) is 4.71. The summed E-state index contributed by atoms with van der Waals surface area (Å²) in [4.78, 5) is 24.5. The molecule has 0 aliphatic carbocycles. The quantitative estimate of drug-likeness (QED) is 0.422. The van der Waals surface area contributed by atoms with Gasteiger partial charge in [0.2, 0.25) is 0 Å². The summed E-state index contributed by atoms with van der Waals surface area (Å²) < 4.78 is 6.93. The van der Waals surface area contributed by atoms with Gasteiger partial charge in [0.05, 0.1) is 29.2 Å². The molecular weight excluding hydrogens is 386 g/mol. The normalized spacial score (nSPS) is 11.8. The molecule has 0 atom stereocenters. The number of thiazole rings is 1. The number of nitrogens with zero attached hydrogens (tertiary/aromatic N) is 3. The zero-order valence-electron chi connectivity index (χ0n) is 15.7. The van der Waals surface area contributed by atoms with E-state index in [1.165, 1.54) is 0 Å². The van der Waals surface area contributed by atoms with Crippen LogP contribution in [-0.2, 0) is 17.0 Å². The summed E-state index contributed by atoms with van der Waals surface area (Å²) in [6, 6.07) is 0. The minimum absolute atomic E-state index is 0.0255. The molecule has 3 aromatic heterocycles. The summed E-state index contributed by atoms with van der Waals surface area (Å²) in [7, 11) is 1.65. The molecule has 0 amide bonds. The standard InChI is InChI=1S/C18H23N3O2S3/c1-10(2)15-19-13(8-24-15)9-25-18-20-16-14(11(3)12(4)26-16)17(22)21(18)6-7-23-5/h8,10H,6-7,9H2,1-5H3. The van der Waals surface area contributed by atoms with E-state index in [0.717, 1.165) is 36.5 Å². The van der Waals surface area contributed by atoms with E-state index in [-0.39, 0.29) is 5.56 Å². The molecule has 140 valence electrons. The lowest BCUT2D eigenvalue weighted by Gasteiger charge is -2.11. The summed E-state index contributed by atoms with van der Waals surface area (Å²) >= 11 is 4.84. The van der Waals surface area contributed by atoms with Gasteiger partial charge < -0.3 is 4.74 Å². The molecule has 8 heteroatoms. The highest BCUT2D eigenvalue weighted by Crippen LogP contribution is 2.30. The minimum Gasteiger partial charge on any atom is -0.383 e. The molecule has 0 saturated heterocycles. The molecule has 0 aliphatic rings. The average Bonchev–Trinajstić information content (AvgIpc) is 3.18. The van der Waals surface area contributed by atoms with Gasteiger partial charge in [0.25, 0.3) is 5.56 Å². The molecule has 3 aromatic rings. The van der Waals surface area contributed by atoms with E-state index in [0.29, 0.717) is 24.8 Å². The van der Waals surface area contributed by atoms with Crippen molar-refractivity contribution < 1.29 is 4.74 Å². The Balaban J connectivity index is 1.95. The summed E-state index contributed by atoms with van der Waals surface area (Å²) in [6.07, 6.45) is 0. The summed E-state index contributed by atoms with van der Waals surface area (Å²) in [5.74, 6) is 1.14. The van der Waals surface area contributed by atoms with Crippen molar-refractivity contribution in [3.63, 3.8) is 0 Å². The number of fused-ring (bicyclic) bond motifs is 1. The topological polar surface area (TPSA) is 57.0 Å². The first-order chi connectivity index (χ1) is 12.4. The van der Waals surface area contributed by atoms with E-state index >= 15 is 0 Å². The van der Waals surface area contributed by atoms with Gasteiger partial charge in [-0.25, -0.2) is 9.97 Å². The largest absolute Gasteiger partial charge is 0.383 e. The maximum atomic E-state index is 13.0. The predicted molar refractivity (Wildman–Crippen MR) is 111 cm³/mol. The molecule has 0 aromatic carbocycles. The Labute approximate surface area is 165 Å². The van der Waals surface area contributed by atoms with Crippen molar-refractivity contribution in [2.75, 3.05) is 13.7 Å². The molecule has 0 unspecified atom stereocenters. The van der Waals surface area contributed by atoms with Gasteiger partial charge in [0.1, 0.15) is 4.83 Å². The number of ether oxygens (including phenoxy) is 1. The lowest BCUT2D eigenvalue weighted by molar-refractivity contribution is 0.183. The van der Waals surface area contributed by atoms with Gasteiger partial charge in [0, 0.05) is 29.0 Å². The van der Waals surface area contributed by atoms with E-state index < -0.39 is 0 Å². The highest BCUT2D eigenvalue weighted by Gasteiger charge is 2.17. The van der Waals surface area contributed by atoms with Crippen molar-refractivity contribution in [3.8, 4) is 0 Å². The van der Waals surface area contributed by atoms with E-state index in [9.17, 15) is 4.79 Å². The van der Waals surface area contributed by atoms with Crippen LogP contribution in [-0.4, -0.2) is 28.3 Å². The molecule has 5 nitrogen and oxygen atoms in total. The lowest BCUT2D eigenvalue weighted by Crippen LogP contribution is -2.25. The molecule has 3 rings (SSSR count). The molecular formula is C18H23N3O2S3. The van der Waals surface area contributed by atoms with Crippen molar-refractivity contribution in [3.05, 3.63) is 36.9 Å². The van der Waals surface area contributed by atoms with Crippen molar-refractivity contribution >= 4 is 44.7 Å². The van der Waals surface area contributed by atoms with Crippen LogP contribution in [0.5, 0.6) is 0 Å². The van der Waals surface area contributed by atoms with Crippen LogP contribution in [0.4, 0.5) is 0 Å². The number of aromatic nitrogens is 3. The van der Waals surface area contributed by atoms with Gasteiger partial charge in [-0.3, -0.25) is 9.36 Å². The third kappa shape index (κ3) is 3.88. The van der Waals surface area contributed by atoms with Gasteiger partial charge in [-0.2, -0.15) is 0 Å². The number of hydrogen-bond acceptors (Lipinski definition) is 7. The van der Waals surface area contributed by atoms with Crippen LogP contribution in [0.3, 0.4) is 0 Å². The second-order valence-corrected chi connectivity index (χ2v) is 9.46. The van der Waals surface area contributed by atoms with Crippen LogP contribution in [0.2, 0.25) is 0 Å². The first-order valence-corrected chi connectivity index (χ1v) is 11.2. The monoisotopic (exact) mass is 409 g/mol. The van der Waals surface area contributed by atoms with Crippen LogP contribution in [0.15, 0.2) is 15.3 Å². The van der Waals surface area contributed by atoms with Crippen molar-refractivity contribution in [2.24, 2.45) is 0 Å². The number of thioether (sulfide) groups is 1. The Kier molecular flexibility index (Phi) is 6.17. The SMILES string of the molecule is COCCn1c(SCc2csc(C(C)C)n2)nc2sc(C)c(C)c2c1=O. The second kappa shape index (κ2) is 8.21. The number of aryl methyl sites for hydroxylation is 2. The molecule has 26 heavy (non-hydrogen) atoms. The van der Waals surface area contributed by atoms with Crippen LogP contribution in [0, 0.1) is 13.8 Å². The summed E-state index contributed by atoms with van der Waals surface area (Å²) in [6.45, 7) is 9.31. The number of methoxy groups -OCH3 is 1. The molecule has 3 heterocycles. The van der Waals surface area contributed by atoms with E-state index in [1.54, 1.807) is 46.1 Å². The second-order valence-electron chi connectivity index (χ2n) is 6.43. The Morgan fingerprint density at radius 3 is 2.73 bits per heavy atom. The number of rotatable bonds is 7. The third-order valence-electron chi connectivity index (χ3n) is 4.19. The predicted octanol–water partition coefficient (Wildman–Crippen LogP) is 4.59. The maximum absolute atomic E-state index is 13.0. The Bertz CT molecular complexity index is 972. The molecule has 0 fully saturated rings.